The van der Waals surface area contributed by atoms with Crippen LogP contribution >= 0.6 is 0 Å². The van der Waals surface area contributed by atoms with Crippen molar-refractivity contribution in [2.75, 3.05) is 13.7 Å². The van der Waals surface area contributed by atoms with Crippen molar-refractivity contribution in [2.24, 2.45) is 12.5 Å². The van der Waals surface area contributed by atoms with E-state index in [1.165, 1.54) is 5.56 Å². The summed E-state index contributed by atoms with van der Waals surface area (Å²) in [7, 11) is 3.88. The Labute approximate surface area is 140 Å². The molecule has 1 aliphatic carbocycles. The molecule has 2 atom stereocenters. The Kier molecular flexibility index (Phi) is 5.19. The van der Waals surface area contributed by atoms with Gasteiger partial charge in [-0.3, -0.25) is 9.48 Å². The molecule has 0 bridgehead atoms. The molecule has 1 fully saturated rings. The summed E-state index contributed by atoms with van der Waals surface area (Å²) < 4.78 is 7.66. The van der Waals surface area contributed by atoms with Crippen LogP contribution in [0, 0.1) is 19.3 Å². The molecule has 0 N–H and O–H groups in total. The number of nitrogens with zero attached hydrogens (tertiary/aromatic N) is 3. The highest BCUT2D eigenvalue weighted by Gasteiger charge is 2.51. The highest BCUT2D eigenvalue weighted by Crippen LogP contribution is 2.45. The van der Waals surface area contributed by atoms with Crippen LogP contribution in [-0.2, 0) is 23.0 Å². The smallest absolute Gasteiger partial charge is 0.222 e. The van der Waals surface area contributed by atoms with E-state index in [9.17, 15) is 4.79 Å². The molecule has 0 spiro atoms. The largest absolute Gasteiger partial charge is 0.378 e. The number of aryl methyl sites for hydroxylation is 2. The minimum absolute atomic E-state index is 0.0283. The van der Waals surface area contributed by atoms with Crippen LogP contribution in [0.4, 0.5) is 0 Å². The highest BCUT2D eigenvalue weighted by atomic mass is 16.5. The molecule has 1 aromatic heterocycles. The predicted molar refractivity (Wildman–Crippen MR) is 91.4 cm³/mol. The third kappa shape index (κ3) is 3.30. The Balaban J connectivity index is 1.94. The molecule has 1 saturated carbocycles. The lowest BCUT2D eigenvalue weighted by atomic mass is 9.63. The number of hydrogen-bond acceptors (Lipinski definition) is 3. The Hall–Kier alpha value is -1.36. The summed E-state index contributed by atoms with van der Waals surface area (Å²) in [5.41, 5.74) is 3.41. The second-order valence-electron chi connectivity index (χ2n) is 7.29. The van der Waals surface area contributed by atoms with Crippen molar-refractivity contribution in [3.05, 3.63) is 17.0 Å². The maximum absolute atomic E-state index is 12.6. The van der Waals surface area contributed by atoms with Crippen molar-refractivity contribution in [1.82, 2.24) is 14.7 Å². The van der Waals surface area contributed by atoms with E-state index in [0.717, 1.165) is 30.8 Å². The van der Waals surface area contributed by atoms with Gasteiger partial charge in [-0.15, -0.1) is 0 Å². The molecule has 1 amide bonds. The maximum atomic E-state index is 12.6. The normalized spacial score (nSPS) is 22.7. The fourth-order valence-corrected chi connectivity index (χ4v) is 3.77. The van der Waals surface area contributed by atoms with Gasteiger partial charge >= 0.3 is 0 Å². The monoisotopic (exact) mass is 321 g/mol. The summed E-state index contributed by atoms with van der Waals surface area (Å²) in [6, 6.07) is 0.266. The second-order valence-corrected chi connectivity index (χ2v) is 7.29. The number of amides is 1. The Morgan fingerprint density at radius 2 is 2.09 bits per heavy atom. The first-order valence-corrected chi connectivity index (χ1v) is 8.56. The van der Waals surface area contributed by atoms with Crippen molar-refractivity contribution in [3.63, 3.8) is 0 Å². The van der Waals surface area contributed by atoms with Gasteiger partial charge in [0.25, 0.3) is 0 Å². The van der Waals surface area contributed by atoms with Crippen LogP contribution in [0.15, 0.2) is 0 Å². The van der Waals surface area contributed by atoms with Crippen molar-refractivity contribution in [1.29, 1.82) is 0 Å². The Bertz CT molecular complexity index is 577. The molecule has 0 radical (unpaired) electrons. The topological polar surface area (TPSA) is 47.4 Å². The fourth-order valence-electron chi connectivity index (χ4n) is 3.77. The molecule has 0 aliphatic heterocycles. The summed E-state index contributed by atoms with van der Waals surface area (Å²) >= 11 is 0. The van der Waals surface area contributed by atoms with Gasteiger partial charge in [0.2, 0.25) is 5.91 Å². The molecule has 5 nitrogen and oxygen atoms in total. The van der Waals surface area contributed by atoms with Gasteiger partial charge in [-0.05, 0) is 39.2 Å². The first-order valence-electron chi connectivity index (χ1n) is 8.56. The minimum atomic E-state index is 0.0283. The van der Waals surface area contributed by atoms with Crippen LogP contribution in [0.25, 0.3) is 0 Å². The molecular formula is C18H31N3O2. The molecular weight excluding hydrogens is 290 g/mol. The number of ether oxygens (including phenoxy) is 1. The number of hydrogen-bond donors (Lipinski definition) is 0. The average Bonchev–Trinajstić information content (AvgIpc) is 2.73. The van der Waals surface area contributed by atoms with E-state index in [4.69, 9.17) is 4.74 Å². The van der Waals surface area contributed by atoms with Gasteiger partial charge < -0.3 is 9.64 Å². The Morgan fingerprint density at radius 1 is 1.43 bits per heavy atom. The van der Waals surface area contributed by atoms with Gasteiger partial charge in [0.05, 0.1) is 11.8 Å². The molecule has 0 unspecified atom stereocenters. The van der Waals surface area contributed by atoms with E-state index in [-0.39, 0.29) is 23.5 Å². The third-order valence-electron chi connectivity index (χ3n) is 5.60. The quantitative estimate of drug-likeness (QED) is 0.809. The van der Waals surface area contributed by atoms with Crippen LogP contribution in [0.1, 0.15) is 50.6 Å². The van der Waals surface area contributed by atoms with E-state index in [1.54, 1.807) is 0 Å². The van der Waals surface area contributed by atoms with E-state index >= 15 is 0 Å². The zero-order valence-corrected chi connectivity index (χ0v) is 15.6. The summed E-state index contributed by atoms with van der Waals surface area (Å²) in [5.74, 6) is 0.209. The van der Waals surface area contributed by atoms with Gasteiger partial charge in [-0.2, -0.15) is 5.10 Å². The number of rotatable bonds is 6. The van der Waals surface area contributed by atoms with Gasteiger partial charge in [0.15, 0.2) is 0 Å². The molecule has 1 heterocycles. The number of carbonyl (C=O) groups excluding carboxylic acids is 1. The maximum Gasteiger partial charge on any atom is 0.222 e. The molecule has 5 heteroatoms. The molecule has 130 valence electrons. The Morgan fingerprint density at radius 3 is 2.57 bits per heavy atom. The van der Waals surface area contributed by atoms with Gasteiger partial charge in [0.1, 0.15) is 0 Å². The first kappa shape index (κ1) is 18.0. The van der Waals surface area contributed by atoms with Crippen molar-refractivity contribution < 1.29 is 9.53 Å². The highest BCUT2D eigenvalue weighted by molar-refractivity contribution is 5.76. The lowest BCUT2D eigenvalue weighted by Crippen LogP contribution is -2.62. The number of aromatic nitrogens is 2. The molecule has 1 aromatic rings. The molecule has 23 heavy (non-hydrogen) atoms. The average molecular weight is 321 g/mol. The number of carbonyl (C=O) groups is 1. The molecule has 1 aliphatic rings. The van der Waals surface area contributed by atoms with Gasteiger partial charge in [-0.1, -0.05) is 13.8 Å². The van der Waals surface area contributed by atoms with E-state index in [0.29, 0.717) is 6.42 Å². The first-order chi connectivity index (χ1) is 10.7. The standard InChI is InChI=1S/C18H31N3O2/c1-8-23-16-11-15(18(16,4)5)20(6)17(22)10-9-14-12(2)19-21(7)13(14)3/h15-16H,8-11H2,1-7H3/t15-,16+/m0/s1. The van der Waals surface area contributed by atoms with Crippen molar-refractivity contribution >= 4 is 5.91 Å². The summed E-state index contributed by atoms with van der Waals surface area (Å²) in [4.78, 5) is 14.5. The van der Waals surface area contributed by atoms with Gasteiger partial charge in [0, 0.05) is 44.3 Å². The van der Waals surface area contributed by atoms with Crippen LogP contribution in [0.3, 0.4) is 0 Å². The summed E-state index contributed by atoms with van der Waals surface area (Å²) in [5, 5.41) is 4.42. The fraction of sp³-hybridized carbons (Fsp3) is 0.778. The van der Waals surface area contributed by atoms with Crippen molar-refractivity contribution in [2.45, 2.75) is 66.0 Å². The summed E-state index contributed by atoms with van der Waals surface area (Å²) in [6.45, 7) is 11.2. The molecule has 0 saturated heterocycles. The van der Waals surface area contributed by atoms with Gasteiger partial charge in [-0.25, -0.2) is 0 Å². The van der Waals surface area contributed by atoms with Crippen molar-refractivity contribution in [3.8, 4) is 0 Å². The zero-order chi connectivity index (χ0) is 17.4. The van der Waals surface area contributed by atoms with E-state index in [1.807, 2.05) is 37.5 Å². The minimum Gasteiger partial charge on any atom is -0.378 e. The zero-order valence-electron chi connectivity index (χ0n) is 15.6. The lowest BCUT2D eigenvalue weighted by Gasteiger charge is -2.54. The van der Waals surface area contributed by atoms with Crippen LogP contribution < -0.4 is 0 Å². The second kappa shape index (κ2) is 6.63. The summed E-state index contributed by atoms with van der Waals surface area (Å²) in [6.07, 6.45) is 2.50. The van der Waals surface area contributed by atoms with Crippen LogP contribution in [0.5, 0.6) is 0 Å². The van der Waals surface area contributed by atoms with Crippen LogP contribution in [0.2, 0.25) is 0 Å². The third-order valence-corrected chi connectivity index (χ3v) is 5.60. The molecule has 0 aromatic carbocycles. The van der Waals surface area contributed by atoms with E-state index in [2.05, 4.69) is 25.9 Å². The molecule has 2 rings (SSSR count). The lowest BCUT2D eigenvalue weighted by molar-refractivity contribution is -0.163. The van der Waals surface area contributed by atoms with Crippen LogP contribution in [-0.4, -0.2) is 46.4 Å². The predicted octanol–water partition coefficient (Wildman–Crippen LogP) is 2.63. The SMILES string of the molecule is CCO[C@@H]1C[C@H](N(C)C(=O)CCc2c(C)nn(C)c2C)C1(C)C. The van der Waals surface area contributed by atoms with E-state index < -0.39 is 0 Å².